The number of ketones is 2. The van der Waals surface area contributed by atoms with Gasteiger partial charge in [-0.05, 0) is 76.3 Å². The molecule has 0 radical (unpaired) electrons. The molecule has 2 aromatic carbocycles. The lowest BCUT2D eigenvalue weighted by atomic mass is 9.99. The summed E-state index contributed by atoms with van der Waals surface area (Å²) in [5, 5.41) is 0.887. The number of benzene rings is 2. The first-order valence-corrected chi connectivity index (χ1v) is 8.67. The third kappa shape index (κ3) is 9.83. The van der Waals surface area contributed by atoms with Crippen molar-refractivity contribution in [2.24, 2.45) is 0 Å². The average Bonchev–Trinajstić information content (AvgIpc) is 2.48. The van der Waals surface area contributed by atoms with Gasteiger partial charge in [-0.25, -0.2) is 0 Å². The molecule has 25 heavy (non-hydrogen) atoms. The van der Waals surface area contributed by atoms with Gasteiger partial charge in [0.2, 0.25) is 0 Å². The van der Waals surface area contributed by atoms with Crippen molar-refractivity contribution in [2.45, 2.75) is 54.9 Å². The van der Waals surface area contributed by atoms with E-state index in [9.17, 15) is 9.59 Å². The Morgan fingerprint density at radius 3 is 1.36 bits per heavy atom. The summed E-state index contributed by atoms with van der Waals surface area (Å²) in [5.74, 6) is 0.396. The lowest BCUT2D eigenvalue weighted by molar-refractivity contribution is -0.116. The zero-order chi connectivity index (χ0) is 19.6. The van der Waals surface area contributed by atoms with Gasteiger partial charge in [0.1, 0.15) is 11.6 Å². The molecular formula is C22H29ClO2. The predicted octanol–water partition coefficient (Wildman–Crippen LogP) is 5.99. The molecule has 2 aromatic rings. The second kappa shape index (κ2) is 11.6. The van der Waals surface area contributed by atoms with E-state index in [2.05, 4.69) is 0 Å². The Morgan fingerprint density at radius 2 is 1.08 bits per heavy atom. The van der Waals surface area contributed by atoms with Gasteiger partial charge in [0.25, 0.3) is 0 Å². The van der Waals surface area contributed by atoms with Crippen LogP contribution in [0.2, 0.25) is 5.02 Å². The Kier molecular flexibility index (Phi) is 10.7. The molecule has 0 aromatic heterocycles. The predicted molar refractivity (Wildman–Crippen MR) is 108 cm³/mol. The molecular weight excluding hydrogens is 332 g/mol. The van der Waals surface area contributed by atoms with Crippen LogP contribution in [-0.2, 0) is 16.0 Å². The van der Waals surface area contributed by atoms with E-state index in [4.69, 9.17) is 11.6 Å². The summed E-state index contributed by atoms with van der Waals surface area (Å²) < 4.78 is 0. The molecule has 0 fully saturated rings. The number of carbonyl (C=O) groups excluding carboxylic acids is 2. The Labute approximate surface area is 157 Å². The van der Waals surface area contributed by atoms with Gasteiger partial charge in [-0.3, -0.25) is 4.79 Å². The van der Waals surface area contributed by atoms with Crippen LogP contribution in [0.5, 0.6) is 0 Å². The van der Waals surface area contributed by atoms with Crippen molar-refractivity contribution in [3.63, 3.8) is 0 Å². The van der Waals surface area contributed by atoms with Crippen LogP contribution >= 0.6 is 11.6 Å². The van der Waals surface area contributed by atoms with Crippen LogP contribution in [0.3, 0.4) is 0 Å². The summed E-state index contributed by atoms with van der Waals surface area (Å²) in [7, 11) is 0. The van der Waals surface area contributed by atoms with Crippen LogP contribution in [0.4, 0.5) is 0 Å². The first-order valence-electron chi connectivity index (χ1n) is 8.29. The van der Waals surface area contributed by atoms with Crippen LogP contribution < -0.4 is 0 Å². The van der Waals surface area contributed by atoms with Crippen molar-refractivity contribution >= 4 is 23.2 Å². The Bertz CT molecular complexity index is 673. The van der Waals surface area contributed by atoms with E-state index in [0.717, 1.165) is 16.1 Å². The molecule has 2 nitrogen and oxygen atoms in total. The summed E-state index contributed by atoms with van der Waals surface area (Å²) >= 11 is 5.88. The molecule has 0 atom stereocenters. The van der Waals surface area contributed by atoms with E-state index in [1.54, 1.807) is 6.92 Å². The van der Waals surface area contributed by atoms with Crippen molar-refractivity contribution in [3.8, 4) is 0 Å². The normalized spacial score (nSPS) is 9.28. The van der Waals surface area contributed by atoms with Crippen molar-refractivity contribution in [1.82, 2.24) is 0 Å². The standard InChI is InChI=1S/C11H14O.C8H9Cl.C3H6O/c1-8-5-4-6-9(2)11(8)7-10(3)12;1-6-4-3-5-7(2)8(6)9;1-3(2)4/h4-6H,7H2,1-3H3;3-5H,1-2H3;1-2H3. The van der Waals surface area contributed by atoms with Crippen molar-refractivity contribution in [2.75, 3.05) is 0 Å². The number of hydrogen-bond acceptors (Lipinski definition) is 2. The SMILES string of the molecule is CC(=O)Cc1c(C)cccc1C.CC(C)=O.Cc1cccc(C)c1Cl. The Balaban J connectivity index is 0.000000391. The molecule has 0 saturated carbocycles. The number of carbonyl (C=O) groups is 2. The molecule has 0 aliphatic carbocycles. The van der Waals surface area contributed by atoms with Gasteiger partial charge in [-0.15, -0.1) is 0 Å². The molecule has 0 bridgehead atoms. The lowest BCUT2D eigenvalue weighted by Gasteiger charge is -2.06. The zero-order valence-electron chi connectivity index (χ0n) is 16.4. The van der Waals surface area contributed by atoms with Crippen molar-refractivity contribution in [3.05, 3.63) is 69.2 Å². The second-order valence-electron chi connectivity index (χ2n) is 6.36. The smallest absolute Gasteiger partial charge is 0.134 e. The minimum atomic E-state index is 0.167. The fraction of sp³-hybridized carbons (Fsp3) is 0.364. The van der Waals surface area contributed by atoms with E-state index in [-0.39, 0.29) is 11.6 Å². The topological polar surface area (TPSA) is 34.1 Å². The highest BCUT2D eigenvalue weighted by Crippen LogP contribution is 2.18. The van der Waals surface area contributed by atoms with E-state index in [0.29, 0.717) is 6.42 Å². The molecule has 2 rings (SSSR count). The van der Waals surface area contributed by atoms with Crippen LogP contribution in [0.1, 0.15) is 48.6 Å². The third-order valence-corrected chi connectivity index (χ3v) is 4.05. The first kappa shape index (κ1) is 23.1. The highest BCUT2D eigenvalue weighted by Gasteiger charge is 2.03. The fourth-order valence-corrected chi connectivity index (χ4v) is 2.30. The summed E-state index contributed by atoms with van der Waals surface area (Å²) in [6.07, 6.45) is 0.568. The van der Waals surface area contributed by atoms with Gasteiger partial charge in [0.15, 0.2) is 0 Å². The van der Waals surface area contributed by atoms with Gasteiger partial charge in [-0.1, -0.05) is 48.0 Å². The number of aryl methyl sites for hydroxylation is 4. The quantitative estimate of drug-likeness (QED) is 0.659. The Morgan fingerprint density at radius 1 is 0.760 bits per heavy atom. The van der Waals surface area contributed by atoms with Crippen molar-refractivity contribution in [1.29, 1.82) is 0 Å². The van der Waals surface area contributed by atoms with Crippen LogP contribution in [0, 0.1) is 27.7 Å². The number of hydrogen-bond donors (Lipinski definition) is 0. The molecule has 136 valence electrons. The maximum Gasteiger partial charge on any atom is 0.134 e. The number of rotatable bonds is 2. The Hall–Kier alpha value is -1.93. The van der Waals surface area contributed by atoms with Gasteiger partial charge >= 0.3 is 0 Å². The van der Waals surface area contributed by atoms with Gasteiger partial charge in [0, 0.05) is 11.4 Å². The van der Waals surface area contributed by atoms with Gasteiger partial charge < -0.3 is 4.79 Å². The van der Waals surface area contributed by atoms with Crippen molar-refractivity contribution < 1.29 is 9.59 Å². The fourth-order valence-electron chi connectivity index (χ4n) is 2.17. The van der Waals surface area contributed by atoms with Crippen LogP contribution in [0.25, 0.3) is 0 Å². The summed E-state index contributed by atoms with van der Waals surface area (Å²) in [6, 6.07) is 12.1. The molecule has 0 heterocycles. The summed E-state index contributed by atoms with van der Waals surface area (Å²) in [4.78, 5) is 20.4. The molecule has 0 unspecified atom stereocenters. The summed E-state index contributed by atoms with van der Waals surface area (Å²) in [6.45, 7) is 12.8. The summed E-state index contributed by atoms with van der Waals surface area (Å²) in [5.41, 5.74) is 5.91. The van der Waals surface area contributed by atoms with Crippen LogP contribution in [0.15, 0.2) is 36.4 Å². The molecule has 0 N–H and O–H groups in total. The molecule has 3 heteroatoms. The maximum absolute atomic E-state index is 10.9. The zero-order valence-corrected chi connectivity index (χ0v) is 17.1. The van der Waals surface area contributed by atoms with E-state index in [1.807, 2.05) is 64.1 Å². The monoisotopic (exact) mass is 360 g/mol. The molecule has 0 spiro atoms. The van der Waals surface area contributed by atoms with Gasteiger partial charge in [-0.2, -0.15) is 0 Å². The minimum Gasteiger partial charge on any atom is -0.300 e. The molecule has 0 amide bonds. The molecule has 0 aliphatic rings. The largest absolute Gasteiger partial charge is 0.300 e. The van der Waals surface area contributed by atoms with E-state index < -0.39 is 0 Å². The first-order chi connectivity index (χ1) is 11.6. The highest BCUT2D eigenvalue weighted by molar-refractivity contribution is 6.32. The lowest BCUT2D eigenvalue weighted by Crippen LogP contribution is -2.00. The maximum atomic E-state index is 10.9. The number of halogens is 1. The second-order valence-corrected chi connectivity index (χ2v) is 6.74. The van der Waals surface area contributed by atoms with E-state index >= 15 is 0 Å². The minimum absolute atomic E-state index is 0.167. The average molecular weight is 361 g/mol. The van der Waals surface area contributed by atoms with Crippen LogP contribution in [-0.4, -0.2) is 11.6 Å². The molecule has 0 aliphatic heterocycles. The molecule has 0 saturated heterocycles. The van der Waals surface area contributed by atoms with Gasteiger partial charge in [0.05, 0.1) is 0 Å². The number of Topliss-reactive ketones (excluding diaryl/α,β-unsaturated/α-hetero) is 2. The third-order valence-electron chi connectivity index (χ3n) is 3.46. The van der Waals surface area contributed by atoms with E-state index in [1.165, 1.54) is 30.5 Å². The highest BCUT2D eigenvalue weighted by atomic mass is 35.5.